The Morgan fingerprint density at radius 1 is 0.370 bits per heavy atom. The molecule has 0 aromatic carbocycles. The molecule has 0 fully saturated rings. The molecule has 430 valence electrons. The molecule has 0 spiro atoms. The first kappa shape index (κ1) is 71.1. The van der Waals surface area contributed by atoms with Crippen molar-refractivity contribution in [1.82, 2.24) is 5.32 Å². The number of unbranched alkanes of at least 4 members (excludes halogenated alkanes) is 46. The first-order valence-electron chi connectivity index (χ1n) is 32.8. The van der Waals surface area contributed by atoms with Gasteiger partial charge in [0.15, 0.2) is 0 Å². The fourth-order valence-corrected chi connectivity index (χ4v) is 10.1. The zero-order chi connectivity index (χ0) is 52.9. The summed E-state index contributed by atoms with van der Waals surface area (Å²) >= 11 is 0. The predicted molar refractivity (Wildman–Crippen MR) is 319 cm³/mol. The number of nitrogens with one attached hydrogen (secondary N) is 1. The van der Waals surface area contributed by atoms with E-state index in [1.54, 1.807) is 6.08 Å². The van der Waals surface area contributed by atoms with Crippen LogP contribution < -0.4 is 5.32 Å². The van der Waals surface area contributed by atoms with Crippen LogP contribution >= 0.6 is 0 Å². The summed E-state index contributed by atoms with van der Waals surface area (Å²) in [5, 5.41) is 23.1. The Hall–Kier alpha value is -1.92. The van der Waals surface area contributed by atoms with Crippen LogP contribution in [0.1, 0.15) is 354 Å². The van der Waals surface area contributed by atoms with Gasteiger partial charge in [-0.3, -0.25) is 9.59 Å². The SMILES string of the molecule is CCCCCCCC/C=C\CCCCCCCCCCCC(=O)OCCCCCCCCCCCCC/C=C\CCCCCCCCCC(=O)NC(CO)C(O)/C=C/CCCCCCCCCCCCCCC. The molecular formula is C67H127NO5. The van der Waals surface area contributed by atoms with E-state index in [0.29, 0.717) is 19.4 Å². The van der Waals surface area contributed by atoms with Gasteiger partial charge in [0.25, 0.3) is 0 Å². The normalized spacial score (nSPS) is 12.8. The van der Waals surface area contributed by atoms with E-state index in [0.717, 1.165) is 51.4 Å². The van der Waals surface area contributed by atoms with Crippen molar-refractivity contribution in [3.63, 3.8) is 0 Å². The predicted octanol–water partition coefficient (Wildman–Crippen LogP) is 20.8. The van der Waals surface area contributed by atoms with Gasteiger partial charge < -0.3 is 20.3 Å². The zero-order valence-corrected chi connectivity index (χ0v) is 49.1. The highest BCUT2D eigenvalue weighted by atomic mass is 16.5. The zero-order valence-electron chi connectivity index (χ0n) is 49.1. The first-order valence-corrected chi connectivity index (χ1v) is 32.8. The van der Waals surface area contributed by atoms with Gasteiger partial charge in [0.05, 0.1) is 25.4 Å². The number of hydrogen-bond donors (Lipinski definition) is 3. The maximum absolute atomic E-state index is 12.5. The van der Waals surface area contributed by atoms with Gasteiger partial charge in [0.2, 0.25) is 5.91 Å². The molecular weight excluding hydrogens is 899 g/mol. The van der Waals surface area contributed by atoms with Crippen LogP contribution in [-0.4, -0.2) is 47.4 Å². The third-order valence-corrected chi connectivity index (χ3v) is 15.1. The first-order chi connectivity index (χ1) is 36.0. The van der Waals surface area contributed by atoms with E-state index in [9.17, 15) is 19.8 Å². The molecule has 0 bridgehead atoms. The van der Waals surface area contributed by atoms with Crippen molar-refractivity contribution >= 4 is 11.9 Å². The van der Waals surface area contributed by atoms with Crippen molar-refractivity contribution in [3.8, 4) is 0 Å². The fourth-order valence-electron chi connectivity index (χ4n) is 10.1. The Morgan fingerprint density at radius 3 is 0.973 bits per heavy atom. The summed E-state index contributed by atoms with van der Waals surface area (Å²) in [5.41, 5.74) is 0. The molecule has 0 aromatic rings. The highest BCUT2D eigenvalue weighted by Crippen LogP contribution is 2.17. The summed E-state index contributed by atoms with van der Waals surface area (Å²) in [7, 11) is 0. The second kappa shape index (κ2) is 62.6. The quantitative estimate of drug-likeness (QED) is 0.0320. The van der Waals surface area contributed by atoms with E-state index in [1.807, 2.05) is 6.08 Å². The highest BCUT2D eigenvalue weighted by molar-refractivity contribution is 5.76. The molecule has 2 unspecified atom stereocenters. The number of hydrogen-bond acceptors (Lipinski definition) is 5. The second-order valence-corrected chi connectivity index (χ2v) is 22.4. The summed E-state index contributed by atoms with van der Waals surface area (Å²) in [4.78, 5) is 24.6. The number of allylic oxidation sites excluding steroid dienone is 5. The molecule has 0 aliphatic carbocycles. The van der Waals surface area contributed by atoms with Gasteiger partial charge in [-0.05, 0) is 83.5 Å². The van der Waals surface area contributed by atoms with Crippen molar-refractivity contribution in [1.29, 1.82) is 0 Å². The Morgan fingerprint density at radius 2 is 0.644 bits per heavy atom. The van der Waals surface area contributed by atoms with Crippen LogP contribution in [0.15, 0.2) is 36.5 Å². The molecule has 3 N–H and O–H groups in total. The maximum atomic E-state index is 12.5. The lowest BCUT2D eigenvalue weighted by Gasteiger charge is -2.20. The fraction of sp³-hybridized carbons (Fsp3) is 0.881. The second-order valence-electron chi connectivity index (χ2n) is 22.4. The molecule has 0 radical (unpaired) electrons. The molecule has 73 heavy (non-hydrogen) atoms. The molecule has 0 saturated carbocycles. The van der Waals surface area contributed by atoms with Gasteiger partial charge in [-0.15, -0.1) is 0 Å². The van der Waals surface area contributed by atoms with Crippen LogP contribution in [0.25, 0.3) is 0 Å². The molecule has 1 amide bonds. The summed E-state index contributed by atoms with van der Waals surface area (Å²) in [5.74, 6) is -0.0645. The smallest absolute Gasteiger partial charge is 0.305 e. The van der Waals surface area contributed by atoms with Gasteiger partial charge in [0, 0.05) is 12.8 Å². The van der Waals surface area contributed by atoms with Crippen molar-refractivity contribution in [3.05, 3.63) is 36.5 Å². The van der Waals surface area contributed by atoms with Crippen molar-refractivity contribution in [2.45, 2.75) is 366 Å². The number of esters is 1. The van der Waals surface area contributed by atoms with E-state index in [4.69, 9.17) is 4.74 Å². The van der Waals surface area contributed by atoms with E-state index in [1.165, 1.54) is 276 Å². The number of ether oxygens (including phenoxy) is 1. The van der Waals surface area contributed by atoms with Gasteiger partial charge in [-0.25, -0.2) is 0 Å². The monoisotopic (exact) mass is 1030 g/mol. The minimum absolute atomic E-state index is 0.00918. The lowest BCUT2D eigenvalue weighted by atomic mass is 10.0. The molecule has 0 aromatic heterocycles. The molecule has 0 rings (SSSR count). The van der Waals surface area contributed by atoms with E-state index in [2.05, 4.69) is 43.5 Å². The number of carbonyl (C=O) groups is 2. The number of aliphatic hydroxyl groups is 2. The van der Waals surface area contributed by atoms with Crippen LogP contribution in [0.4, 0.5) is 0 Å². The minimum Gasteiger partial charge on any atom is -0.466 e. The van der Waals surface area contributed by atoms with Crippen molar-refractivity contribution in [2.24, 2.45) is 0 Å². The van der Waals surface area contributed by atoms with Crippen molar-refractivity contribution in [2.75, 3.05) is 13.2 Å². The maximum Gasteiger partial charge on any atom is 0.305 e. The van der Waals surface area contributed by atoms with Crippen LogP contribution in [0.3, 0.4) is 0 Å². The van der Waals surface area contributed by atoms with E-state index < -0.39 is 12.1 Å². The lowest BCUT2D eigenvalue weighted by molar-refractivity contribution is -0.143. The lowest BCUT2D eigenvalue weighted by Crippen LogP contribution is -2.45. The van der Waals surface area contributed by atoms with Gasteiger partial charge >= 0.3 is 5.97 Å². The van der Waals surface area contributed by atoms with Crippen LogP contribution in [0, 0.1) is 0 Å². The van der Waals surface area contributed by atoms with Gasteiger partial charge in [-0.2, -0.15) is 0 Å². The number of aliphatic hydroxyl groups excluding tert-OH is 2. The minimum atomic E-state index is -0.849. The molecule has 6 heteroatoms. The number of rotatable bonds is 61. The number of carbonyl (C=O) groups excluding carboxylic acids is 2. The standard InChI is InChI=1S/C67H127NO5/c1-3-5-7-9-11-13-15-17-19-20-25-29-33-37-41-45-49-53-57-61-67(72)73-62-58-54-50-46-42-38-34-30-27-24-22-21-23-26-28-32-36-40-44-48-52-56-60-66(71)68-64(63-69)65(70)59-55-51-47-43-39-35-31-18-16-14-12-10-8-6-4-2/h17,19,23,26,55,59,64-65,69-70H,3-16,18,20-22,24-25,27-54,56-58,60-63H2,1-2H3,(H,68,71)/b19-17-,26-23-,59-55+. The van der Waals surface area contributed by atoms with Gasteiger partial charge in [0.1, 0.15) is 0 Å². The largest absolute Gasteiger partial charge is 0.466 e. The third-order valence-electron chi connectivity index (χ3n) is 15.1. The average Bonchev–Trinajstić information content (AvgIpc) is 3.39. The third kappa shape index (κ3) is 59.2. The summed E-state index contributed by atoms with van der Waals surface area (Å²) < 4.78 is 5.50. The van der Waals surface area contributed by atoms with E-state index >= 15 is 0 Å². The molecule has 0 aliphatic heterocycles. The Bertz CT molecular complexity index is 1180. The Labute approximate surface area is 455 Å². The van der Waals surface area contributed by atoms with Crippen molar-refractivity contribution < 1.29 is 24.5 Å². The van der Waals surface area contributed by atoms with E-state index in [-0.39, 0.29) is 18.5 Å². The number of amides is 1. The van der Waals surface area contributed by atoms with Crippen LogP contribution in [0.2, 0.25) is 0 Å². The molecule has 0 heterocycles. The molecule has 2 atom stereocenters. The summed E-state index contributed by atoms with van der Waals surface area (Å²) in [6.45, 7) is 4.91. The molecule has 0 saturated heterocycles. The summed E-state index contributed by atoms with van der Waals surface area (Å²) in [6, 6.07) is -0.633. The topological polar surface area (TPSA) is 95.9 Å². The van der Waals surface area contributed by atoms with Crippen LogP contribution in [0.5, 0.6) is 0 Å². The van der Waals surface area contributed by atoms with Crippen LogP contribution in [-0.2, 0) is 14.3 Å². The summed E-state index contributed by atoms with van der Waals surface area (Å²) in [6.07, 6.45) is 79.1. The molecule has 0 aliphatic rings. The Kier molecular flexibility index (Phi) is 61.0. The van der Waals surface area contributed by atoms with Gasteiger partial charge in [-0.1, -0.05) is 294 Å². The average molecular weight is 1030 g/mol. The Balaban J connectivity index is 3.42. The molecule has 6 nitrogen and oxygen atoms in total. The highest BCUT2D eigenvalue weighted by Gasteiger charge is 2.18.